The fraction of sp³-hybridized carbons (Fsp3) is 0.500. The van der Waals surface area contributed by atoms with Crippen LogP contribution in [0.25, 0.3) is 11.0 Å². The third kappa shape index (κ3) is 2.42. The smallest absolute Gasteiger partial charge is 0.306 e. The Kier molecular flexibility index (Phi) is 3.37. The number of H-pyrrole nitrogens is 1. The van der Waals surface area contributed by atoms with Gasteiger partial charge in [-0.05, 0) is 43.6 Å². The van der Waals surface area contributed by atoms with Gasteiger partial charge in [-0.1, -0.05) is 18.5 Å². The number of nitrogens with one attached hydrogen (secondary N) is 1. The van der Waals surface area contributed by atoms with Crippen LogP contribution in [0.4, 0.5) is 0 Å². The number of nitrogens with zero attached hydrogens (tertiary/aromatic N) is 2. The molecule has 1 N–H and O–H groups in total. The average molecular weight is 280 g/mol. The van der Waals surface area contributed by atoms with Crippen molar-refractivity contribution in [3.8, 4) is 0 Å². The second-order valence-electron chi connectivity index (χ2n) is 5.25. The van der Waals surface area contributed by atoms with E-state index in [0.717, 1.165) is 43.6 Å². The van der Waals surface area contributed by atoms with E-state index in [9.17, 15) is 4.79 Å². The summed E-state index contributed by atoms with van der Waals surface area (Å²) in [5.74, 6) is 0.552. The van der Waals surface area contributed by atoms with E-state index >= 15 is 0 Å². The maximum Gasteiger partial charge on any atom is 0.326 e. The summed E-state index contributed by atoms with van der Waals surface area (Å²) in [7, 11) is 0. The number of halogens is 1. The van der Waals surface area contributed by atoms with Gasteiger partial charge in [-0.2, -0.15) is 0 Å². The van der Waals surface area contributed by atoms with Crippen LogP contribution in [0.5, 0.6) is 0 Å². The molecule has 0 radical (unpaired) electrons. The van der Waals surface area contributed by atoms with Crippen molar-refractivity contribution < 1.29 is 0 Å². The van der Waals surface area contributed by atoms with Crippen molar-refractivity contribution in [2.45, 2.75) is 19.9 Å². The summed E-state index contributed by atoms with van der Waals surface area (Å²) in [4.78, 5) is 17.4. The first-order valence-corrected chi connectivity index (χ1v) is 7.15. The minimum Gasteiger partial charge on any atom is -0.306 e. The lowest BCUT2D eigenvalue weighted by atomic mass is 10.1. The first-order valence-electron chi connectivity index (χ1n) is 6.78. The molecule has 1 aromatic carbocycles. The third-order valence-corrected chi connectivity index (χ3v) is 4.23. The maximum absolute atomic E-state index is 12.0. The Morgan fingerprint density at radius 2 is 2.32 bits per heavy atom. The molecule has 0 spiro atoms. The number of likely N-dealkylation sites (tertiary alicyclic amines) is 1. The van der Waals surface area contributed by atoms with E-state index in [1.54, 1.807) is 6.07 Å². The number of rotatable bonds is 3. The summed E-state index contributed by atoms with van der Waals surface area (Å²) in [6.45, 7) is 6.26. The second-order valence-corrected chi connectivity index (χ2v) is 5.69. The van der Waals surface area contributed by atoms with Gasteiger partial charge >= 0.3 is 5.69 Å². The molecule has 1 aromatic heterocycles. The highest BCUT2D eigenvalue weighted by molar-refractivity contribution is 6.31. The van der Waals surface area contributed by atoms with E-state index in [1.807, 2.05) is 16.7 Å². The number of aromatic amines is 1. The van der Waals surface area contributed by atoms with E-state index < -0.39 is 0 Å². The largest absolute Gasteiger partial charge is 0.326 e. The zero-order valence-corrected chi connectivity index (χ0v) is 11.8. The highest BCUT2D eigenvalue weighted by Gasteiger charge is 2.22. The average Bonchev–Trinajstić information content (AvgIpc) is 2.96. The molecule has 19 heavy (non-hydrogen) atoms. The summed E-state index contributed by atoms with van der Waals surface area (Å²) in [6, 6.07) is 5.53. The minimum absolute atomic E-state index is 0.0350. The van der Waals surface area contributed by atoms with Crippen molar-refractivity contribution in [2.75, 3.05) is 19.6 Å². The Bertz CT molecular complexity index is 646. The van der Waals surface area contributed by atoms with Crippen LogP contribution >= 0.6 is 11.6 Å². The molecule has 1 aliphatic rings. The first kappa shape index (κ1) is 12.8. The van der Waals surface area contributed by atoms with E-state index in [1.165, 1.54) is 0 Å². The molecule has 0 saturated carbocycles. The van der Waals surface area contributed by atoms with Crippen LogP contribution in [0.2, 0.25) is 5.02 Å². The fourth-order valence-electron chi connectivity index (χ4n) is 2.91. The zero-order valence-electron chi connectivity index (χ0n) is 11.0. The molecule has 2 aromatic rings. The molecule has 3 rings (SSSR count). The molecule has 1 fully saturated rings. The van der Waals surface area contributed by atoms with Gasteiger partial charge in [-0.3, -0.25) is 4.57 Å². The van der Waals surface area contributed by atoms with Gasteiger partial charge in [-0.15, -0.1) is 0 Å². The van der Waals surface area contributed by atoms with E-state index in [2.05, 4.69) is 16.8 Å². The highest BCUT2D eigenvalue weighted by atomic mass is 35.5. The lowest BCUT2D eigenvalue weighted by molar-refractivity contribution is 0.333. The summed E-state index contributed by atoms with van der Waals surface area (Å²) in [5, 5.41) is 0.668. The number of hydrogen-bond acceptors (Lipinski definition) is 2. The molecule has 102 valence electrons. The lowest BCUT2D eigenvalue weighted by Crippen LogP contribution is -2.25. The van der Waals surface area contributed by atoms with Gasteiger partial charge in [0.2, 0.25) is 0 Å². The van der Waals surface area contributed by atoms with E-state index in [-0.39, 0.29) is 5.69 Å². The van der Waals surface area contributed by atoms with Gasteiger partial charge in [0.05, 0.1) is 11.0 Å². The normalized spacial score (nSPS) is 20.4. The van der Waals surface area contributed by atoms with Crippen molar-refractivity contribution in [1.29, 1.82) is 0 Å². The van der Waals surface area contributed by atoms with Crippen LogP contribution in [0.15, 0.2) is 23.0 Å². The summed E-state index contributed by atoms with van der Waals surface area (Å²) >= 11 is 6.02. The Morgan fingerprint density at radius 1 is 1.47 bits per heavy atom. The van der Waals surface area contributed by atoms with Crippen molar-refractivity contribution in [2.24, 2.45) is 5.92 Å². The Balaban J connectivity index is 1.90. The van der Waals surface area contributed by atoms with E-state index in [0.29, 0.717) is 10.9 Å². The standard InChI is InChI=1S/C14H18ClN3O/c1-2-17-6-5-10(8-17)9-18-13-7-11(15)3-4-12(13)16-14(18)19/h3-4,7,10H,2,5-6,8-9H2,1H3,(H,16,19). The number of fused-ring (bicyclic) bond motifs is 1. The van der Waals surface area contributed by atoms with Crippen molar-refractivity contribution in [3.63, 3.8) is 0 Å². The topological polar surface area (TPSA) is 41.0 Å². The second kappa shape index (κ2) is 5.02. The van der Waals surface area contributed by atoms with Crippen LogP contribution < -0.4 is 5.69 Å². The summed E-state index contributed by atoms with van der Waals surface area (Å²) in [5.41, 5.74) is 1.74. The van der Waals surface area contributed by atoms with Gasteiger partial charge in [0, 0.05) is 18.1 Å². The predicted molar refractivity (Wildman–Crippen MR) is 77.8 cm³/mol. The highest BCUT2D eigenvalue weighted by Crippen LogP contribution is 2.21. The Hall–Kier alpha value is -1.26. The zero-order chi connectivity index (χ0) is 13.4. The van der Waals surface area contributed by atoms with Crippen molar-refractivity contribution in [3.05, 3.63) is 33.7 Å². The quantitative estimate of drug-likeness (QED) is 0.937. The van der Waals surface area contributed by atoms with Gasteiger partial charge in [0.25, 0.3) is 0 Å². The number of imidazole rings is 1. The van der Waals surface area contributed by atoms with Crippen LogP contribution in [0.3, 0.4) is 0 Å². The lowest BCUT2D eigenvalue weighted by Gasteiger charge is -2.13. The van der Waals surface area contributed by atoms with Crippen molar-refractivity contribution in [1.82, 2.24) is 14.5 Å². The van der Waals surface area contributed by atoms with Gasteiger partial charge in [-0.25, -0.2) is 4.79 Å². The van der Waals surface area contributed by atoms with Crippen molar-refractivity contribution >= 4 is 22.6 Å². The molecule has 2 heterocycles. The van der Waals surface area contributed by atoms with Gasteiger partial charge < -0.3 is 9.88 Å². The van der Waals surface area contributed by atoms with Gasteiger partial charge in [0.15, 0.2) is 0 Å². The molecular weight excluding hydrogens is 262 g/mol. The van der Waals surface area contributed by atoms with Crippen LogP contribution in [0.1, 0.15) is 13.3 Å². The number of benzene rings is 1. The molecular formula is C14H18ClN3O. The molecule has 0 bridgehead atoms. The molecule has 1 unspecified atom stereocenters. The summed E-state index contributed by atoms with van der Waals surface area (Å²) in [6.07, 6.45) is 1.16. The molecule has 4 nitrogen and oxygen atoms in total. The molecule has 1 atom stereocenters. The molecule has 1 aliphatic heterocycles. The SMILES string of the molecule is CCN1CCC(Cn2c(=O)[nH]c3ccc(Cl)cc32)C1. The monoisotopic (exact) mass is 279 g/mol. The predicted octanol–water partition coefficient (Wildman–Crippen LogP) is 2.32. The minimum atomic E-state index is -0.0350. The molecule has 5 heteroatoms. The van der Waals surface area contributed by atoms with Crippen LogP contribution in [-0.4, -0.2) is 34.1 Å². The summed E-state index contributed by atoms with van der Waals surface area (Å²) < 4.78 is 1.82. The van der Waals surface area contributed by atoms with Crippen LogP contribution in [0, 0.1) is 5.92 Å². The molecule has 0 aliphatic carbocycles. The number of hydrogen-bond donors (Lipinski definition) is 1. The molecule has 0 amide bonds. The van der Waals surface area contributed by atoms with E-state index in [4.69, 9.17) is 11.6 Å². The maximum atomic E-state index is 12.0. The Morgan fingerprint density at radius 3 is 3.05 bits per heavy atom. The first-order chi connectivity index (χ1) is 9.17. The number of aromatic nitrogens is 2. The Labute approximate surface area is 117 Å². The molecule has 1 saturated heterocycles. The third-order valence-electron chi connectivity index (χ3n) is 4.00. The van der Waals surface area contributed by atoms with Gasteiger partial charge in [0.1, 0.15) is 0 Å². The van der Waals surface area contributed by atoms with Crippen LogP contribution in [-0.2, 0) is 6.54 Å². The fourth-order valence-corrected chi connectivity index (χ4v) is 3.08.